The fourth-order valence-corrected chi connectivity index (χ4v) is 1.68. The van der Waals surface area contributed by atoms with Gasteiger partial charge in [-0.3, -0.25) is 0 Å². The summed E-state index contributed by atoms with van der Waals surface area (Å²) in [5, 5.41) is 3.48. The van der Waals surface area contributed by atoms with Crippen LogP contribution in [0.25, 0.3) is 0 Å². The maximum absolute atomic E-state index is 5.48. The van der Waals surface area contributed by atoms with Gasteiger partial charge in [-0.1, -0.05) is 0 Å². The third kappa shape index (κ3) is 4.63. The van der Waals surface area contributed by atoms with Crippen LogP contribution in [0.4, 0.5) is 0 Å². The van der Waals surface area contributed by atoms with Crippen LogP contribution in [0.5, 0.6) is 0 Å². The molecular weight excluding hydrogens is 176 g/mol. The van der Waals surface area contributed by atoms with E-state index >= 15 is 0 Å². The van der Waals surface area contributed by atoms with Gasteiger partial charge in [0.2, 0.25) is 0 Å². The Hall–Kier alpha value is -0.540. The normalized spacial score (nSPS) is 23.6. The highest BCUT2D eigenvalue weighted by atomic mass is 16.5. The summed E-state index contributed by atoms with van der Waals surface area (Å²) < 4.78 is 5.48. The van der Waals surface area contributed by atoms with Crippen LogP contribution in [-0.4, -0.2) is 44.2 Å². The Morgan fingerprint density at radius 1 is 1.57 bits per heavy atom. The number of rotatable bonds is 5. The minimum absolute atomic E-state index is 0.365. The average Bonchev–Trinajstić information content (AvgIpc) is 2.15. The topological polar surface area (TPSA) is 24.5 Å². The van der Waals surface area contributed by atoms with Crippen LogP contribution in [0.1, 0.15) is 19.8 Å². The van der Waals surface area contributed by atoms with Gasteiger partial charge in [-0.15, -0.1) is 0 Å². The van der Waals surface area contributed by atoms with Gasteiger partial charge in [0.15, 0.2) is 0 Å². The Kier molecular flexibility index (Phi) is 4.98. The first-order valence-electron chi connectivity index (χ1n) is 5.37. The van der Waals surface area contributed by atoms with E-state index in [9.17, 15) is 0 Å². The number of allylic oxidation sites excluding steroid dienone is 1. The van der Waals surface area contributed by atoms with Crippen molar-refractivity contribution in [3.8, 4) is 0 Å². The summed E-state index contributed by atoms with van der Waals surface area (Å²) in [6, 6.07) is 0.527. The molecule has 1 rings (SSSR count). The number of nitrogens with one attached hydrogen (secondary N) is 1. The zero-order valence-electron chi connectivity index (χ0n) is 9.49. The molecule has 0 aliphatic carbocycles. The van der Waals surface area contributed by atoms with E-state index in [-0.39, 0.29) is 0 Å². The van der Waals surface area contributed by atoms with Crippen molar-refractivity contribution in [2.24, 2.45) is 0 Å². The van der Waals surface area contributed by atoms with Gasteiger partial charge in [-0.05, 0) is 39.9 Å². The quantitative estimate of drug-likeness (QED) is 0.719. The van der Waals surface area contributed by atoms with Crippen LogP contribution in [0.2, 0.25) is 0 Å². The lowest BCUT2D eigenvalue weighted by atomic mass is 10.1. The number of likely N-dealkylation sites (N-methyl/N-ethyl adjacent to an activating group) is 1. The first kappa shape index (κ1) is 11.5. The Morgan fingerprint density at radius 3 is 2.93 bits per heavy atom. The maximum Gasteiger partial charge on any atom is 0.110 e. The van der Waals surface area contributed by atoms with Crippen LogP contribution >= 0.6 is 0 Å². The number of nitrogens with zero attached hydrogens (tertiary/aromatic N) is 1. The largest absolute Gasteiger partial charge is 0.497 e. The van der Waals surface area contributed by atoms with E-state index in [0.29, 0.717) is 12.1 Å². The lowest BCUT2D eigenvalue weighted by Crippen LogP contribution is -2.40. The van der Waals surface area contributed by atoms with E-state index < -0.39 is 0 Å². The zero-order valence-corrected chi connectivity index (χ0v) is 9.49. The van der Waals surface area contributed by atoms with Gasteiger partial charge in [-0.2, -0.15) is 0 Å². The summed E-state index contributed by atoms with van der Waals surface area (Å²) >= 11 is 0. The first-order valence-corrected chi connectivity index (χ1v) is 5.37. The van der Waals surface area contributed by atoms with Crippen molar-refractivity contribution in [3.05, 3.63) is 12.3 Å². The van der Waals surface area contributed by atoms with Crippen LogP contribution < -0.4 is 5.32 Å². The molecule has 2 unspecified atom stereocenters. The lowest BCUT2D eigenvalue weighted by molar-refractivity contribution is 0.118. The molecule has 0 bridgehead atoms. The molecule has 3 heteroatoms. The first-order chi connectivity index (χ1) is 6.68. The Bertz CT molecular complexity index is 180. The van der Waals surface area contributed by atoms with Gasteiger partial charge < -0.3 is 15.0 Å². The van der Waals surface area contributed by atoms with E-state index in [2.05, 4.69) is 37.3 Å². The molecule has 0 saturated carbocycles. The van der Waals surface area contributed by atoms with Gasteiger partial charge in [0.1, 0.15) is 6.10 Å². The van der Waals surface area contributed by atoms with Crippen molar-refractivity contribution in [2.75, 3.05) is 27.2 Å². The van der Waals surface area contributed by atoms with E-state index in [0.717, 1.165) is 25.9 Å². The van der Waals surface area contributed by atoms with E-state index in [1.54, 1.807) is 0 Å². The molecule has 14 heavy (non-hydrogen) atoms. The van der Waals surface area contributed by atoms with Crippen molar-refractivity contribution >= 4 is 0 Å². The van der Waals surface area contributed by atoms with Gasteiger partial charge in [0.05, 0.1) is 6.26 Å². The van der Waals surface area contributed by atoms with Crippen molar-refractivity contribution in [2.45, 2.75) is 31.9 Å². The fraction of sp³-hybridized carbons (Fsp3) is 0.818. The molecule has 0 aromatic carbocycles. The smallest absolute Gasteiger partial charge is 0.110 e. The van der Waals surface area contributed by atoms with Crippen LogP contribution in [0, 0.1) is 0 Å². The van der Waals surface area contributed by atoms with Crippen LogP contribution in [0.15, 0.2) is 12.3 Å². The molecule has 0 saturated heterocycles. The molecule has 1 N–H and O–H groups in total. The number of hydrogen-bond donors (Lipinski definition) is 1. The van der Waals surface area contributed by atoms with E-state index in [1.165, 1.54) is 0 Å². The van der Waals surface area contributed by atoms with Gasteiger partial charge in [0, 0.05) is 19.1 Å². The molecule has 82 valence electrons. The van der Waals surface area contributed by atoms with Gasteiger partial charge in [-0.25, -0.2) is 0 Å². The minimum atomic E-state index is 0.365. The summed E-state index contributed by atoms with van der Waals surface area (Å²) in [6.45, 7) is 4.24. The summed E-state index contributed by atoms with van der Waals surface area (Å²) in [6.07, 6.45) is 6.56. The third-order valence-electron chi connectivity index (χ3n) is 2.36. The Labute approximate surface area is 87.1 Å². The van der Waals surface area contributed by atoms with E-state index in [4.69, 9.17) is 4.74 Å². The van der Waals surface area contributed by atoms with E-state index in [1.807, 2.05) is 6.26 Å². The second kappa shape index (κ2) is 6.04. The third-order valence-corrected chi connectivity index (χ3v) is 2.36. The molecule has 1 heterocycles. The predicted octanol–water partition coefficient (Wildman–Crippen LogP) is 1.22. The van der Waals surface area contributed by atoms with Crippen LogP contribution in [-0.2, 0) is 4.74 Å². The molecule has 0 fully saturated rings. The minimum Gasteiger partial charge on any atom is -0.497 e. The summed E-state index contributed by atoms with van der Waals surface area (Å²) in [7, 11) is 4.19. The molecule has 0 amide bonds. The van der Waals surface area contributed by atoms with Gasteiger partial charge in [0.25, 0.3) is 0 Å². The fourth-order valence-electron chi connectivity index (χ4n) is 1.68. The Morgan fingerprint density at radius 2 is 2.36 bits per heavy atom. The second-order valence-electron chi connectivity index (χ2n) is 4.28. The Balaban J connectivity index is 2.10. The van der Waals surface area contributed by atoms with Crippen LogP contribution in [0.3, 0.4) is 0 Å². The monoisotopic (exact) mass is 198 g/mol. The van der Waals surface area contributed by atoms with Crippen molar-refractivity contribution < 1.29 is 4.74 Å². The van der Waals surface area contributed by atoms with Crippen molar-refractivity contribution in [1.82, 2.24) is 10.2 Å². The molecule has 0 aromatic rings. The predicted molar refractivity (Wildman–Crippen MR) is 59.3 cm³/mol. The average molecular weight is 198 g/mol. The van der Waals surface area contributed by atoms with Crippen molar-refractivity contribution in [3.63, 3.8) is 0 Å². The molecule has 0 aromatic heterocycles. The summed E-state index contributed by atoms with van der Waals surface area (Å²) in [4.78, 5) is 2.19. The molecule has 1 aliphatic rings. The standard InChI is InChI=1S/C11H22N2O/c1-10(9-13(2)3)12-8-11-6-4-5-7-14-11/h5,7,10-12H,4,6,8-9H2,1-3H3. The number of hydrogen-bond acceptors (Lipinski definition) is 3. The molecule has 0 spiro atoms. The number of ether oxygens (including phenoxy) is 1. The SMILES string of the molecule is CC(CN(C)C)NCC1CCC=CO1. The molecular formula is C11H22N2O. The highest BCUT2D eigenvalue weighted by molar-refractivity contribution is 4.83. The zero-order chi connectivity index (χ0) is 10.4. The molecule has 3 nitrogen and oxygen atoms in total. The summed E-state index contributed by atoms with van der Waals surface area (Å²) in [5.74, 6) is 0. The molecule has 2 atom stereocenters. The lowest BCUT2D eigenvalue weighted by Gasteiger charge is -2.23. The van der Waals surface area contributed by atoms with Gasteiger partial charge >= 0.3 is 0 Å². The highest BCUT2D eigenvalue weighted by Gasteiger charge is 2.12. The highest BCUT2D eigenvalue weighted by Crippen LogP contribution is 2.09. The van der Waals surface area contributed by atoms with Crippen molar-refractivity contribution in [1.29, 1.82) is 0 Å². The second-order valence-corrected chi connectivity index (χ2v) is 4.28. The molecule has 0 radical (unpaired) electrons. The maximum atomic E-state index is 5.48. The molecule has 1 aliphatic heterocycles. The summed E-state index contributed by atoms with van der Waals surface area (Å²) in [5.41, 5.74) is 0.